The fraction of sp³-hybridized carbons (Fsp3) is 0.769. The van der Waals surface area contributed by atoms with E-state index in [-0.39, 0.29) is 11.7 Å². The van der Waals surface area contributed by atoms with E-state index in [0.29, 0.717) is 37.0 Å². The minimum absolute atomic E-state index is 0.113. The quantitative estimate of drug-likeness (QED) is 0.267. The van der Waals surface area contributed by atoms with Crippen LogP contribution in [0.1, 0.15) is 39.0 Å². The molecule has 0 aliphatic rings. The van der Waals surface area contributed by atoms with Crippen molar-refractivity contribution in [3.8, 4) is 0 Å². The predicted octanol–water partition coefficient (Wildman–Crippen LogP) is 1.09. The molecule has 0 aromatic rings. The zero-order valence-electron chi connectivity index (χ0n) is 12.3. The maximum absolute atomic E-state index is 11.6. The summed E-state index contributed by atoms with van der Waals surface area (Å²) in [5.74, 6) is -0.0852. The number of halogens is 1. The summed E-state index contributed by atoms with van der Waals surface area (Å²) in [6, 6.07) is -0.552. The summed E-state index contributed by atoms with van der Waals surface area (Å²) in [5, 5.41) is 5.31. The number of alkyl carbamates (subject to hydrolysis) is 1. The van der Waals surface area contributed by atoms with E-state index in [4.69, 9.17) is 10.5 Å². The normalized spacial score (nSPS) is 11.6. The molecule has 0 radical (unpaired) electrons. The van der Waals surface area contributed by atoms with Crippen LogP contribution in [0.4, 0.5) is 4.79 Å². The van der Waals surface area contributed by atoms with E-state index in [9.17, 15) is 14.4 Å². The van der Waals surface area contributed by atoms with Gasteiger partial charge in [0, 0.05) is 19.5 Å². The van der Waals surface area contributed by atoms with Crippen molar-refractivity contribution >= 4 is 40.4 Å². The number of hydrogen-bond acceptors (Lipinski definition) is 5. The third kappa shape index (κ3) is 12.5. The van der Waals surface area contributed by atoms with E-state index in [0.717, 1.165) is 12.8 Å². The van der Waals surface area contributed by atoms with Gasteiger partial charge in [-0.2, -0.15) is 0 Å². The van der Waals surface area contributed by atoms with Gasteiger partial charge in [-0.1, -0.05) is 0 Å². The van der Waals surface area contributed by atoms with Crippen LogP contribution in [0.25, 0.3) is 0 Å². The van der Waals surface area contributed by atoms with Crippen molar-refractivity contribution in [3.05, 3.63) is 0 Å². The Hall–Kier alpha value is -0.900. The van der Waals surface area contributed by atoms with Crippen molar-refractivity contribution in [2.75, 3.05) is 17.7 Å². The van der Waals surface area contributed by atoms with Gasteiger partial charge in [-0.15, -0.1) is 0 Å². The first-order valence-corrected chi connectivity index (χ1v) is 8.49. The van der Waals surface area contributed by atoms with Crippen molar-refractivity contribution in [1.29, 1.82) is 0 Å². The Morgan fingerprint density at radius 1 is 1.14 bits per heavy atom. The van der Waals surface area contributed by atoms with Gasteiger partial charge < -0.3 is 25.9 Å². The van der Waals surface area contributed by atoms with Gasteiger partial charge in [0.05, 0.1) is 6.04 Å². The number of amides is 2. The minimum atomic E-state index is -0.552. The summed E-state index contributed by atoms with van der Waals surface area (Å²) in [5.41, 5.74) is 5.76. The van der Waals surface area contributed by atoms with Crippen molar-refractivity contribution < 1.29 is 19.1 Å². The topological polar surface area (TPSA) is 111 Å². The first-order valence-electron chi connectivity index (χ1n) is 6.96. The van der Waals surface area contributed by atoms with E-state index in [1.54, 1.807) is 0 Å². The molecule has 1 atom stereocenters. The molecule has 8 heteroatoms. The number of carbonyl (C=O) groups excluding carboxylic acids is 3. The van der Waals surface area contributed by atoms with Crippen LogP contribution in [0.3, 0.4) is 0 Å². The summed E-state index contributed by atoms with van der Waals surface area (Å²) in [6.45, 7) is 2.50. The molecule has 4 N–H and O–H groups in total. The average Bonchev–Trinajstić information content (AvgIpc) is 2.42. The van der Waals surface area contributed by atoms with Gasteiger partial charge in [0.1, 0.15) is 10.4 Å². The summed E-state index contributed by atoms with van der Waals surface area (Å²) in [4.78, 5) is 33.4. The molecule has 1 unspecified atom stereocenters. The molecule has 2 amide bonds. The number of carbonyl (C=O) groups is 3. The number of alkyl halides is 1. The van der Waals surface area contributed by atoms with Gasteiger partial charge in [-0.3, -0.25) is 4.79 Å². The number of Topliss-reactive ketones (excluding diaryl/α,β-unsaturated/α-hetero) is 1. The molecule has 21 heavy (non-hydrogen) atoms. The lowest BCUT2D eigenvalue weighted by atomic mass is 10.1. The summed E-state index contributed by atoms with van der Waals surface area (Å²) < 4.78 is 5.02. The van der Waals surface area contributed by atoms with Gasteiger partial charge in [-0.25, -0.2) is 4.79 Å². The standard InChI is InChI=1S/C13H24IN3O4/c1-10(18)5-4-8-16-12(19)11(15)6-2-3-7-17-13(20)21-9-14/h11H,2-9,15H2,1H3,(H,16,19)(H,17,20). The first kappa shape index (κ1) is 20.1. The molecule has 0 bridgehead atoms. The molecule has 0 spiro atoms. The highest BCUT2D eigenvalue weighted by atomic mass is 127. The average molecular weight is 413 g/mol. The highest BCUT2D eigenvalue weighted by Gasteiger charge is 2.12. The Bertz CT molecular complexity index is 339. The summed E-state index contributed by atoms with van der Waals surface area (Å²) in [6.07, 6.45) is 2.71. The molecule has 0 rings (SSSR count). The fourth-order valence-electron chi connectivity index (χ4n) is 1.59. The number of nitrogens with two attached hydrogens (primary N) is 1. The second-order valence-corrected chi connectivity index (χ2v) is 5.29. The maximum Gasteiger partial charge on any atom is 0.407 e. The van der Waals surface area contributed by atoms with Crippen molar-refractivity contribution in [3.63, 3.8) is 0 Å². The highest BCUT2D eigenvalue weighted by molar-refractivity contribution is 14.1. The second-order valence-electron chi connectivity index (χ2n) is 4.67. The monoisotopic (exact) mass is 413 g/mol. The van der Waals surface area contributed by atoms with E-state index in [2.05, 4.69) is 10.6 Å². The zero-order chi connectivity index (χ0) is 16.1. The van der Waals surface area contributed by atoms with Crippen molar-refractivity contribution in [2.45, 2.75) is 45.1 Å². The first-order chi connectivity index (χ1) is 9.97. The molecule has 0 aliphatic heterocycles. The molecule has 0 aliphatic carbocycles. The Morgan fingerprint density at radius 3 is 2.43 bits per heavy atom. The second kappa shape index (κ2) is 12.8. The van der Waals surface area contributed by atoms with Crippen LogP contribution in [-0.4, -0.2) is 41.5 Å². The molecule has 0 saturated carbocycles. The lowest BCUT2D eigenvalue weighted by molar-refractivity contribution is -0.123. The molecule has 0 fully saturated rings. The number of hydrogen-bond donors (Lipinski definition) is 3. The van der Waals surface area contributed by atoms with Crippen LogP contribution in [0, 0.1) is 0 Å². The fourth-order valence-corrected chi connectivity index (χ4v) is 1.87. The molecule has 0 heterocycles. The molecule has 122 valence electrons. The van der Waals surface area contributed by atoms with E-state index in [1.807, 2.05) is 22.6 Å². The number of nitrogens with one attached hydrogen (secondary N) is 2. The third-order valence-corrected chi connectivity index (χ3v) is 3.05. The van der Waals surface area contributed by atoms with Gasteiger partial charge in [0.15, 0.2) is 0 Å². The van der Waals surface area contributed by atoms with E-state index in [1.165, 1.54) is 6.92 Å². The minimum Gasteiger partial charge on any atom is -0.439 e. The number of ether oxygens (including phenoxy) is 1. The van der Waals surface area contributed by atoms with Gasteiger partial charge >= 0.3 is 6.09 Å². The predicted molar refractivity (Wildman–Crippen MR) is 88.1 cm³/mol. The van der Waals surface area contributed by atoms with Gasteiger partial charge in [0.2, 0.25) is 5.91 Å². The van der Waals surface area contributed by atoms with E-state index >= 15 is 0 Å². The molecule has 7 nitrogen and oxygen atoms in total. The number of ketones is 1. The van der Waals surface area contributed by atoms with Crippen LogP contribution in [0.15, 0.2) is 0 Å². The van der Waals surface area contributed by atoms with Crippen LogP contribution in [0.5, 0.6) is 0 Å². The number of unbranched alkanes of at least 4 members (excludes halogenated alkanes) is 1. The molecule has 0 aromatic carbocycles. The lowest BCUT2D eigenvalue weighted by Gasteiger charge is -2.12. The molecule has 0 saturated heterocycles. The van der Waals surface area contributed by atoms with Gasteiger partial charge in [-0.05, 0) is 55.2 Å². The van der Waals surface area contributed by atoms with E-state index < -0.39 is 12.1 Å². The van der Waals surface area contributed by atoms with Crippen LogP contribution >= 0.6 is 22.6 Å². The van der Waals surface area contributed by atoms with Crippen molar-refractivity contribution in [2.24, 2.45) is 5.73 Å². The molecular weight excluding hydrogens is 389 g/mol. The lowest BCUT2D eigenvalue weighted by Crippen LogP contribution is -2.41. The van der Waals surface area contributed by atoms with Crippen molar-refractivity contribution in [1.82, 2.24) is 10.6 Å². The van der Waals surface area contributed by atoms with Crippen LogP contribution in [0.2, 0.25) is 0 Å². The molecular formula is C13H24IN3O4. The third-order valence-electron chi connectivity index (χ3n) is 2.74. The Morgan fingerprint density at radius 2 is 1.81 bits per heavy atom. The summed E-state index contributed by atoms with van der Waals surface area (Å²) >= 11 is 1.94. The Labute approximate surface area is 138 Å². The largest absolute Gasteiger partial charge is 0.439 e. The maximum atomic E-state index is 11.6. The Kier molecular flexibility index (Phi) is 12.3. The summed E-state index contributed by atoms with van der Waals surface area (Å²) in [7, 11) is 0. The van der Waals surface area contributed by atoms with Crippen LogP contribution in [-0.2, 0) is 14.3 Å². The Balaban J connectivity index is 3.55. The number of rotatable bonds is 11. The van der Waals surface area contributed by atoms with Crippen LogP contribution < -0.4 is 16.4 Å². The highest BCUT2D eigenvalue weighted by Crippen LogP contribution is 1.99. The molecule has 0 aromatic heterocycles. The SMILES string of the molecule is CC(=O)CCCNC(=O)C(N)CCCCNC(=O)OCI. The van der Waals surface area contributed by atoms with Gasteiger partial charge in [0.25, 0.3) is 0 Å². The smallest absolute Gasteiger partial charge is 0.407 e. The zero-order valence-corrected chi connectivity index (χ0v) is 14.5.